The van der Waals surface area contributed by atoms with Gasteiger partial charge in [0.05, 0.1) is 18.3 Å². The van der Waals surface area contributed by atoms with Gasteiger partial charge in [-0.25, -0.2) is 0 Å². The molecule has 3 heterocycles. The Morgan fingerprint density at radius 3 is 2.96 bits per heavy atom. The predicted octanol–water partition coefficient (Wildman–Crippen LogP) is 1.08. The van der Waals surface area contributed by atoms with E-state index in [1.54, 1.807) is 24.5 Å². The molecule has 4 rings (SSSR count). The molecule has 6 nitrogen and oxygen atoms in total. The van der Waals surface area contributed by atoms with Crippen LogP contribution in [0.5, 0.6) is 0 Å². The molecule has 1 aromatic heterocycles. The number of carbonyl (C=O) groups is 2. The molecular weight excluding hydrogens is 306 g/mol. The molecule has 3 fully saturated rings. The van der Waals surface area contributed by atoms with Gasteiger partial charge in [0, 0.05) is 50.3 Å². The molecule has 0 unspecified atom stereocenters. The number of hydrogen-bond donors (Lipinski definition) is 1. The number of carbonyl (C=O) groups excluding carboxylic acids is 2. The molecular formula is C18H23N3O3. The Morgan fingerprint density at radius 2 is 2.21 bits per heavy atom. The maximum absolute atomic E-state index is 12.3. The minimum Gasteiger partial charge on any atom is -0.376 e. The molecule has 1 aliphatic carbocycles. The van der Waals surface area contributed by atoms with Gasteiger partial charge in [0.15, 0.2) is 0 Å². The van der Waals surface area contributed by atoms with Crippen LogP contribution in [0.2, 0.25) is 0 Å². The molecule has 1 N–H and O–H groups in total. The fraction of sp³-hybridized carbons (Fsp3) is 0.611. The van der Waals surface area contributed by atoms with Crippen molar-refractivity contribution in [2.75, 3.05) is 26.2 Å². The molecule has 6 heteroatoms. The molecule has 0 radical (unpaired) electrons. The zero-order chi connectivity index (χ0) is 16.5. The van der Waals surface area contributed by atoms with Crippen LogP contribution in [-0.2, 0) is 9.53 Å². The first kappa shape index (κ1) is 15.6. The van der Waals surface area contributed by atoms with Crippen LogP contribution in [-0.4, -0.2) is 54.0 Å². The Labute approximate surface area is 141 Å². The standard InChI is InChI=1S/C18H23N3O3/c22-17(6-12-3-4-12)21-9-15-14(11-24-16(15)10-21)8-20-18(23)13-2-1-5-19-7-13/h1-2,5,7,12,14-16H,3-4,6,8-11H2,(H,20,23)/t14-,15+,16+/m0/s1. The smallest absolute Gasteiger partial charge is 0.252 e. The van der Waals surface area contributed by atoms with Crippen molar-refractivity contribution in [3.05, 3.63) is 30.1 Å². The second-order valence-electron chi connectivity index (χ2n) is 7.19. The van der Waals surface area contributed by atoms with Gasteiger partial charge in [0.2, 0.25) is 5.91 Å². The number of amides is 2. The summed E-state index contributed by atoms with van der Waals surface area (Å²) in [5, 5.41) is 2.98. The number of rotatable bonds is 5. The van der Waals surface area contributed by atoms with Gasteiger partial charge >= 0.3 is 0 Å². The first-order valence-electron chi connectivity index (χ1n) is 8.78. The van der Waals surface area contributed by atoms with Crippen molar-refractivity contribution in [2.45, 2.75) is 25.4 Å². The monoisotopic (exact) mass is 329 g/mol. The number of nitrogens with zero attached hydrogens (tertiary/aromatic N) is 2. The van der Waals surface area contributed by atoms with E-state index in [2.05, 4.69) is 10.3 Å². The van der Waals surface area contributed by atoms with E-state index in [-0.39, 0.29) is 23.8 Å². The molecule has 2 amide bonds. The van der Waals surface area contributed by atoms with Crippen molar-refractivity contribution in [3.63, 3.8) is 0 Å². The summed E-state index contributed by atoms with van der Waals surface area (Å²) in [6.45, 7) is 2.72. The van der Waals surface area contributed by atoms with Crippen molar-refractivity contribution < 1.29 is 14.3 Å². The molecule has 1 saturated carbocycles. The van der Waals surface area contributed by atoms with Crippen LogP contribution in [0.4, 0.5) is 0 Å². The number of ether oxygens (including phenoxy) is 1. The van der Waals surface area contributed by atoms with Crippen molar-refractivity contribution in [1.82, 2.24) is 15.2 Å². The number of likely N-dealkylation sites (tertiary alicyclic amines) is 1. The second-order valence-corrected chi connectivity index (χ2v) is 7.19. The first-order valence-corrected chi connectivity index (χ1v) is 8.78. The van der Waals surface area contributed by atoms with Gasteiger partial charge in [-0.1, -0.05) is 0 Å². The Kier molecular flexibility index (Phi) is 4.22. The maximum Gasteiger partial charge on any atom is 0.252 e. The van der Waals surface area contributed by atoms with Crippen molar-refractivity contribution in [1.29, 1.82) is 0 Å². The molecule has 3 atom stereocenters. The Hall–Kier alpha value is -1.95. The average molecular weight is 329 g/mol. The Morgan fingerprint density at radius 1 is 1.33 bits per heavy atom. The molecule has 0 bridgehead atoms. The number of hydrogen-bond acceptors (Lipinski definition) is 4. The van der Waals surface area contributed by atoms with E-state index in [0.29, 0.717) is 43.5 Å². The van der Waals surface area contributed by atoms with Gasteiger partial charge in [0.25, 0.3) is 5.91 Å². The SMILES string of the molecule is O=C(NC[C@H]1CO[C@@H]2CN(C(=O)CC3CC3)C[C@H]12)c1cccnc1. The molecule has 2 saturated heterocycles. The van der Waals surface area contributed by atoms with Crippen LogP contribution in [0, 0.1) is 17.8 Å². The number of fused-ring (bicyclic) bond motifs is 1. The summed E-state index contributed by atoms with van der Waals surface area (Å²) in [6, 6.07) is 3.51. The largest absolute Gasteiger partial charge is 0.376 e. The highest BCUT2D eigenvalue weighted by Crippen LogP contribution is 2.36. The van der Waals surface area contributed by atoms with E-state index in [4.69, 9.17) is 4.74 Å². The first-order chi connectivity index (χ1) is 11.7. The summed E-state index contributed by atoms with van der Waals surface area (Å²) < 4.78 is 5.87. The quantitative estimate of drug-likeness (QED) is 0.878. The number of nitrogens with one attached hydrogen (secondary N) is 1. The van der Waals surface area contributed by atoms with Gasteiger partial charge in [-0.2, -0.15) is 0 Å². The van der Waals surface area contributed by atoms with Crippen LogP contribution in [0.1, 0.15) is 29.6 Å². The average Bonchev–Trinajstić information content (AvgIpc) is 3.18. The normalized spacial score (nSPS) is 28.7. The molecule has 1 aromatic rings. The summed E-state index contributed by atoms with van der Waals surface area (Å²) in [6.07, 6.45) is 6.45. The lowest BCUT2D eigenvalue weighted by Gasteiger charge is -2.20. The van der Waals surface area contributed by atoms with Crippen molar-refractivity contribution in [3.8, 4) is 0 Å². The minimum atomic E-state index is -0.105. The van der Waals surface area contributed by atoms with Crippen molar-refractivity contribution in [2.24, 2.45) is 17.8 Å². The van der Waals surface area contributed by atoms with Gasteiger partial charge < -0.3 is 15.0 Å². The maximum atomic E-state index is 12.3. The molecule has 0 aromatic carbocycles. The molecule has 3 aliphatic rings. The lowest BCUT2D eigenvalue weighted by Crippen LogP contribution is -2.35. The van der Waals surface area contributed by atoms with E-state index >= 15 is 0 Å². The zero-order valence-corrected chi connectivity index (χ0v) is 13.7. The number of pyridine rings is 1. The van der Waals surface area contributed by atoms with Crippen LogP contribution >= 0.6 is 0 Å². The molecule has 24 heavy (non-hydrogen) atoms. The Balaban J connectivity index is 1.29. The van der Waals surface area contributed by atoms with Crippen LogP contribution in [0.25, 0.3) is 0 Å². The highest BCUT2D eigenvalue weighted by Gasteiger charge is 2.45. The van der Waals surface area contributed by atoms with E-state index in [1.807, 2.05) is 4.90 Å². The lowest BCUT2D eigenvalue weighted by molar-refractivity contribution is -0.131. The van der Waals surface area contributed by atoms with E-state index in [1.165, 1.54) is 12.8 Å². The third-order valence-corrected chi connectivity index (χ3v) is 5.40. The second kappa shape index (κ2) is 6.51. The summed E-state index contributed by atoms with van der Waals surface area (Å²) in [7, 11) is 0. The van der Waals surface area contributed by atoms with Gasteiger partial charge in [-0.3, -0.25) is 14.6 Å². The third-order valence-electron chi connectivity index (χ3n) is 5.40. The summed E-state index contributed by atoms with van der Waals surface area (Å²) in [5.74, 6) is 1.39. The highest BCUT2D eigenvalue weighted by atomic mass is 16.5. The highest BCUT2D eigenvalue weighted by molar-refractivity contribution is 5.93. The summed E-state index contributed by atoms with van der Waals surface area (Å²) in [4.78, 5) is 30.3. The summed E-state index contributed by atoms with van der Waals surface area (Å²) in [5.41, 5.74) is 0.570. The third kappa shape index (κ3) is 3.29. The van der Waals surface area contributed by atoms with Crippen LogP contribution < -0.4 is 5.32 Å². The van der Waals surface area contributed by atoms with E-state index in [9.17, 15) is 9.59 Å². The van der Waals surface area contributed by atoms with E-state index < -0.39 is 0 Å². The van der Waals surface area contributed by atoms with E-state index in [0.717, 1.165) is 6.54 Å². The predicted molar refractivity (Wildman–Crippen MR) is 87.2 cm³/mol. The summed E-state index contributed by atoms with van der Waals surface area (Å²) >= 11 is 0. The fourth-order valence-corrected chi connectivity index (χ4v) is 3.73. The fourth-order valence-electron chi connectivity index (χ4n) is 3.73. The van der Waals surface area contributed by atoms with Gasteiger partial charge in [-0.05, 0) is 30.9 Å². The van der Waals surface area contributed by atoms with Gasteiger partial charge in [0.1, 0.15) is 0 Å². The van der Waals surface area contributed by atoms with Crippen molar-refractivity contribution >= 4 is 11.8 Å². The molecule has 0 spiro atoms. The van der Waals surface area contributed by atoms with Crippen LogP contribution in [0.15, 0.2) is 24.5 Å². The van der Waals surface area contributed by atoms with Crippen LogP contribution in [0.3, 0.4) is 0 Å². The minimum absolute atomic E-state index is 0.105. The number of aromatic nitrogens is 1. The molecule has 128 valence electrons. The topological polar surface area (TPSA) is 71.5 Å². The molecule has 2 aliphatic heterocycles. The Bertz CT molecular complexity index is 617. The lowest BCUT2D eigenvalue weighted by atomic mass is 9.93. The zero-order valence-electron chi connectivity index (χ0n) is 13.7. The van der Waals surface area contributed by atoms with Gasteiger partial charge in [-0.15, -0.1) is 0 Å².